The molecule has 5 heteroatoms. The molecule has 0 spiro atoms. The summed E-state index contributed by atoms with van der Waals surface area (Å²) in [5, 5.41) is 2.95. The van der Waals surface area contributed by atoms with Gasteiger partial charge in [-0.1, -0.05) is 44.5 Å². The van der Waals surface area contributed by atoms with Crippen LogP contribution in [-0.4, -0.2) is 42.6 Å². The fraction of sp³-hybridized carbons (Fsp3) is 0.632. The minimum atomic E-state index is -0.437. The molecule has 24 heavy (non-hydrogen) atoms. The van der Waals surface area contributed by atoms with Gasteiger partial charge in [-0.05, 0) is 24.0 Å². The molecule has 0 aliphatic carbocycles. The van der Waals surface area contributed by atoms with Gasteiger partial charge in [0.25, 0.3) is 0 Å². The first-order valence-corrected chi connectivity index (χ1v) is 8.94. The van der Waals surface area contributed by atoms with Crippen LogP contribution in [0, 0.1) is 5.92 Å². The number of ether oxygens (including phenoxy) is 1. The summed E-state index contributed by atoms with van der Waals surface area (Å²) >= 11 is 0. The van der Waals surface area contributed by atoms with Gasteiger partial charge in [0, 0.05) is 26.2 Å². The normalized spacial score (nSPS) is 21.2. The van der Waals surface area contributed by atoms with Gasteiger partial charge in [-0.2, -0.15) is 0 Å². The van der Waals surface area contributed by atoms with Crippen molar-refractivity contribution < 1.29 is 9.53 Å². The van der Waals surface area contributed by atoms with Gasteiger partial charge in [0.05, 0.1) is 18.8 Å². The summed E-state index contributed by atoms with van der Waals surface area (Å²) in [7, 11) is 0. The van der Waals surface area contributed by atoms with Gasteiger partial charge < -0.3 is 15.8 Å². The summed E-state index contributed by atoms with van der Waals surface area (Å²) in [6.07, 6.45) is 1.20. The van der Waals surface area contributed by atoms with E-state index in [-0.39, 0.29) is 11.8 Å². The highest BCUT2D eigenvalue weighted by atomic mass is 16.5. The number of nitrogens with zero attached hydrogens (tertiary/aromatic N) is 1. The van der Waals surface area contributed by atoms with Crippen molar-refractivity contribution in [2.75, 3.05) is 19.7 Å². The van der Waals surface area contributed by atoms with E-state index < -0.39 is 6.04 Å². The van der Waals surface area contributed by atoms with E-state index in [4.69, 9.17) is 10.5 Å². The largest absolute Gasteiger partial charge is 0.376 e. The highest BCUT2D eigenvalue weighted by Gasteiger charge is 2.19. The van der Waals surface area contributed by atoms with Crippen LogP contribution in [0.3, 0.4) is 0 Å². The van der Waals surface area contributed by atoms with Crippen LogP contribution in [0.15, 0.2) is 24.3 Å². The number of hydrogen-bond acceptors (Lipinski definition) is 4. The number of benzene rings is 1. The highest BCUT2D eigenvalue weighted by molar-refractivity contribution is 5.81. The van der Waals surface area contributed by atoms with Gasteiger partial charge in [0.1, 0.15) is 0 Å². The summed E-state index contributed by atoms with van der Waals surface area (Å²) in [4.78, 5) is 14.5. The quantitative estimate of drug-likeness (QED) is 0.800. The molecule has 2 rings (SSSR count). The second-order valence-electron chi connectivity index (χ2n) is 6.87. The number of carbonyl (C=O) groups excluding carboxylic acids is 1. The molecule has 5 nitrogen and oxygen atoms in total. The molecule has 3 atom stereocenters. The molecule has 0 radical (unpaired) electrons. The Bertz CT molecular complexity index is 535. The van der Waals surface area contributed by atoms with Crippen LogP contribution in [-0.2, 0) is 22.6 Å². The third kappa shape index (κ3) is 5.58. The molecule has 0 saturated carbocycles. The molecule has 0 bridgehead atoms. The zero-order valence-electron chi connectivity index (χ0n) is 15.1. The van der Waals surface area contributed by atoms with Crippen molar-refractivity contribution in [3.05, 3.63) is 35.4 Å². The number of nitrogens with two attached hydrogens (primary N) is 1. The maximum Gasteiger partial charge on any atom is 0.237 e. The van der Waals surface area contributed by atoms with Crippen molar-refractivity contribution >= 4 is 5.91 Å². The lowest BCUT2D eigenvalue weighted by atomic mass is 9.99. The third-order valence-electron chi connectivity index (χ3n) is 4.75. The van der Waals surface area contributed by atoms with E-state index in [0.717, 1.165) is 38.2 Å². The summed E-state index contributed by atoms with van der Waals surface area (Å²) < 4.78 is 5.58. The predicted octanol–water partition coefficient (Wildman–Crippen LogP) is 1.90. The van der Waals surface area contributed by atoms with Crippen LogP contribution in [0.2, 0.25) is 0 Å². The molecule has 134 valence electrons. The second-order valence-corrected chi connectivity index (χ2v) is 6.87. The molecular weight excluding hydrogens is 302 g/mol. The van der Waals surface area contributed by atoms with Crippen LogP contribution < -0.4 is 11.1 Å². The Balaban J connectivity index is 1.87. The van der Waals surface area contributed by atoms with Crippen LogP contribution in [0.1, 0.15) is 38.3 Å². The first kappa shape index (κ1) is 18.9. The van der Waals surface area contributed by atoms with Crippen molar-refractivity contribution in [1.82, 2.24) is 10.2 Å². The highest BCUT2D eigenvalue weighted by Crippen LogP contribution is 2.12. The van der Waals surface area contributed by atoms with E-state index in [2.05, 4.69) is 35.3 Å². The smallest absolute Gasteiger partial charge is 0.237 e. The maximum absolute atomic E-state index is 12.1. The average molecular weight is 333 g/mol. The number of hydrogen-bond donors (Lipinski definition) is 2. The lowest BCUT2D eigenvalue weighted by Gasteiger charge is -2.31. The summed E-state index contributed by atoms with van der Waals surface area (Å²) in [5.74, 6) is 0.122. The number of carbonyl (C=O) groups is 1. The zero-order chi connectivity index (χ0) is 17.5. The first-order valence-electron chi connectivity index (χ1n) is 8.94. The molecule has 3 N–H and O–H groups in total. The van der Waals surface area contributed by atoms with E-state index in [1.807, 2.05) is 19.9 Å². The minimum Gasteiger partial charge on any atom is -0.376 e. The molecule has 1 heterocycles. The van der Waals surface area contributed by atoms with Gasteiger partial charge in [0.15, 0.2) is 0 Å². The lowest BCUT2D eigenvalue weighted by molar-refractivity contribution is -0.123. The molecule has 1 aliphatic rings. The van der Waals surface area contributed by atoms with Crippen LogP contribution in [0.25, 0.3) is 0 Å². The van der Waals surface area contributed by atoms with Crippen LogP contribution in [0.4, 0.5) is 0 Å². The Hall–Kier alpha value is -1.43. The lowest BCUT2D eigenvalue weighted by Crippen LogP contribution is -2.44. The van der Waals surface area contributed by atoms with E-state index in [1.165, 1.54) is 5.56 Å². The molecule has 0 aromatic heterocycles. The first-order chi connectivity index (χ1) is 11.5. The van der Waals surface area contributed by atoms with Crippen molar-refractivity contribution in [3.8, 4) is 0 Å². The number of nitrogens with one attached hydrogen (secondary N) is 1. The van der Waals surface area contributed by atoms with E-state index in [1.54, 1.807) is 0 Å². The molecule has 3 unspecified atom stereocenters. The summed E-state index contributed by atoms with van der Waals surface area (Å²) in [5.41, 5.74) is 8.35. The van der Waals surface area contributed by atoms with Gasteiger partial charge in [0.2, 0.25) is 5.91 Å². The van der Waals surface area contributed by atoms with E-state index in [9.17, 15) is 4.79 Å². The number of morpholine rings is 1. The third-order valence-corrected chi connectivity index (χ3v) is 4.75. The zero-order valence-corrected chi connectivity index (χ0v) is 15.1. The number of amides is 1. The number of rotatable bonds is 7. The van der Waals surface area contributed by atoms with E-state index in [0.29, 0.717) is 12.6 Å². The second kappa shape index (κ2) is 9.16. The fourth-order valence-electron chi connectivity index (χ4n) is 2.95. The van der Waals surface area contributed by atoms with Gasteiger partial charge >= 0.3 is 0 Å². The average Bonchev–Trinajstić information content (AvgIpc) is 2.58. The molecular formula is C19H31N3O2. The Kier molecular flexibility index (Phi) is 7.21. The topological polar surface area (TPSA) is 67.6 Å². The van der Waals surface area contributed by atoms with Crippen molar-refractivity contribution in [1.29, 1.82) is 0 Å². The van der Waals surface area contributed by atoms with Gasteiger partial charge in [-0.3, -0.25) is 9.69 Å². The predicted molar refractivity (Wildman–Crippen MR) is 96.4 cm³/mol. The standard InChI is InChI=1S/C19H31N3O2/c1-4-14(2)18(20)19(23)21-11-16-6-5-7-17(10-16)13-22-8-9-24-15(3)12-22/h5-7,10,14-15,18H,4,8-9,11-13,20H2,1-3H3,(H,21,23). The van der Waals surface area contributed by atoms with Crippen molar-refractivity contribution in [3.63, 3.8) is 0 Å². The fourth-order valence-corrected chi connectivity index (χ4v) is 2.95. The Morgan fingerprint density at radius 3 is 2.92 bits per heavy atom. The van der Waals surface area contributed by atoms with Crippen molar-refractivity contribution in [2.24, 2.45) is 11.7 Å². The molecule has 1 aromatic carbocycles. The van der Waals surface area contributed by atoms with Crippen LogP contribution >= 0.6 is 0 Å². The van der Waals surface area contributed by atoms with Gasteiger partial charge in [-0.15, -0.1) is 0 Å². The minimum absolute atomic E-state index is 0.0724. The summed E-state index contributed by atoms with van der Waals surface area (Å²) in [6.45, 7) is 10.3. The van der Waals surface area contributed by atoms with Crippen LogP contribution in [0.5, 0.6) is 0 Å². The maximum atomic E-state index is 12.1. The Morgan fingerprint density at radius 1 is 1.46 bits per heavy atom. The SMILES string of the molecule is CCC(C)C(N)C(=O)NCc1cccc(CN2CCOC(C)C2)c1. The van der Waals surface area contributed by atoms with E-state index >= 15 is 0 Å². The van der Waals surface area contributed by atoms with Crippen molar-refractivity contribution in [2.45, 2.75) is 52.4 Å². The Morgan fingerprint density at radius 2 is 2.21 bits per heavy atom. The molecule has 1 saturated heterocycles. The van der Waals surface area contributed by atoms with Gasteiger partial charge in [-0.25, -0.2) is 0 Å². The molecule has 1 aromatic rings. The molecule has 1 fully saturated rings. The Labute approximate surface area is 145 Å². The molecule has 1 amide bonds. The molecule has 1 aliphatic heterocycles. The monoisotopic (exact) mass is 333 g/mol. The summed E-state index contributed by atoms with van der Waals surface area (Å²) in [6, 6.07) is 7.95.